The minimum atomic E-state index is -0.338. The van der Waals surface area contributed by atoms with Crippen LogP contribution in [0.4, 0.5) is 10.5 Å². The summed E-state index contributed by atoms with van der Waals surface area (Å²) in [6.07, 6.45) is 4.14. The van der Waals surface area contributed by atoms with Gasteiger partial charge in [0.05, 0.1) is 0 Å². The second-order valence-electron chi connectivity index (χ2n) is 4.79. The van der Waals surface area contributed by atoms with E-state index >= 15 is 0 Å². The molecule has 1 fully saturated rings. The molecule has 0 bridgehead atoms. The summed E-state index contributed by atoms with van der Waals surface area (Å²) < 4.78 is 5.42. The molecule has 1 aliphatic carbocycles. The first kappa shape index (κ1) is 12.0. The largest absolute Gasteiger partial charge is 0.446 e. The van der Waals surface area contributed by atoms with Crippen molar-refractivity contribution in [1.29, 1.82) is 0 Å². The van der Waals surface area contributed by atoms with Crippen LogP contribution in [0, 0.1) is 5.92 Å². The van der Waals surface area contributed by atoms with Crippen LogP contribution in [0.5, 0.6) is 0 Å². The topological polar surface area (TPSA) is 38.3 Å². The zero-order valence-electron chi connectivity index (χ0n) is 10.2. The van der Waals surface area contributed by atoms with Gasteiger partial charge in [-0.15, -0.1) is 0 Å². The third-order valence-corrected chi connectivity index (χ3v) is 3.18. The summed E-state index contributed by atoms with van der Waals surface area (Å²) in [6.45, 7) is 2.21. The van der Waals surface area contributed by atoms with Gasteiger partial charge in [0.15, 0.2) is 0 Å². The molecule has 0 heterocycles. The lowest BCUT2D eigenvalue weighted by Crippen LogP contribution is -2.27. The lowest BCUT2D eigenvalue weighted by molar-refractivity contribution is 0.0724. The number of nitrogens with one attached hydrogen (secondary N) is 1. The van der Waals surface area contributed by atoms with Gasteiger partial charge in [-0.3, -0.25) is 5.32 Å². The van der Waals surface area contributed by atoms with Crippen molar-refractivity contribution >= 4 is 11.8 Å². The Morgan fingerprint density at radius 1 is 1.29 bits per heavy atom. The molecule has 1 aromatic rings. The minimum Gasteiger partial charge on any atom is -0.446 e. The number of amides is 1. The van der Waals surface area contributed by atoms with E-state index in [2.05, 4.69) is 12.2 Å². The third kappa shape index (κ3) is 3.77. The van der Waals surface area contributed by atoms with Gasteiger partial charge >= 0.3 is 6.09 Å². The predicted octanol–water partition coefficient (Wildman–Crippen LogP) is 3.81. The van der Waals surface area contributed by atoms with Gasteiger partial charge in [0.25, 0.3) is 0 Å². The van der Waals surface area contributed by atoms with E-state index in [0.29, 0.717) is 5.92 Å². The number of benzene rings is 1. The number of carbonyl (C=O) groups is 1. The fourth-order valence-electron chi connectivity index (χ4n) is 2.31. The summed E-state index contributed by atoms with van der Waals surface area (Å²) in [5.74, 6) is 0.665. The van der Waals surface area contributed by atoms with E-state index in [9.17, 15) is 4.79 Å². The molecule has 1 aromatic carbocycles. The van der Waals surface area contributed by atoms with Crippen LogP contribution in [0.15, 0.2) is 30.3 Å². The summed E-state index contributed by atoms with van der Waals surface area (Å²) in [5.41, 5.74) is 0.779. The number of anilines is 1. The van der Waals surface area contributed by atoms with E-state index in [0.717, 1.165) is 24.9 Å². The maximum Gasteiger partial charge on any atom is 0.411 e. The van der Waals surface area contributed by atoms with E-state index in [4.69, 9.17) is 4.74 Å². The number of para-hydroxylation sites is 1. The molecule has 1 saturated carbocycles. The minimum absolute atomic E-state index is 0.0856. The molecule has 0 radical (unpaired) electrons. The van der Waals surface area contributed by atoms with E-state index in [1.54, 1.807) is 0 Å². The fraction of sp³-hybridized carbons (Fsp3) is 0.500. The summed E-state index contributed by atoms with van der Waals surface area (Å²) in [4.78, 5) is 11.7. The Morgan fingerprint density at radius 2 is 2.06 bits per heavy atom. The molecule has 2 rings (SSSR count). The van der Waals surface area contributed by atoms with Crippen molar-refractivity contribution in [1.82, 2.24) is 0 Å². The summed E-state index contributed by atoms with van der Waals surface area (Å²) in [5, 5.41) is 2.74. The Morgan fingerprint density at radius 3 is 2.76 bits per heavy atom. The molecule has 0 spiro atoms. The van der Waals surface area contributed by atoms with Gasteiger partial charge in [0.2, 0.25) is 0 Å². The van der Waals surface area contributed by atoms with Gasteiger partial charge in [0.1, 0.15) is 6.10 Å². The zero-order chi connectivity index (χ0) is 12.1. The quantitative estimate of drug-likeness (QED) is 0.843. The SMILES string of the molecule is C[C@@H]1CCC[C@H](OC(=O)Nc2ccccc2)C1. The van der Waals surface area contributed by atoms with Crippen molar-refractivity contribution < 1.29 is 9.53 Å². The number of ether oxygens (including phenoxy) is 1. The van der Waals surface area contributed by atoms with Gasteiger partial charge in [-0.25, -0.2) is 4.79 Å². The van der Waals surface area contributed by atoms with Gasteiger partial charge in [-0.05, 0) is 37.3 Å². The molecule has 1 amide bonds. The van der Waals surface area contributed by atoms with Crippen LogP contribution in [0.3, 0.4) is 0 Å². The highest BCUT2D eigenvalue weighted by Gasteiger charge is 2.22. The van der Waals surface area contributed by atoms with E-state index < -0.39 is 0 Å². The Hall–Kier alpha value is -1.51. The van der Waals surface area contributed by atoms with Crippen LogP contribution in [-0.2, 0) is 4.74 Å². The molecule has 92 valence electrons. The number of hydrogen-bond donors (Lipinski definition) is 1. The molecular weight excluding hydrogens is 214 g/mol. The molecule has 3 nitrogen and oxygen atoms in total. The summed E-state index contributed by atoms with van der Waals surface area (Å²) in [7, 11) is 0. The summed E-state index contributed by atoms with van der Waals surface area (Å²) in [6, 6.07) is 9.39. The molecule has 1 aliphatic rings. The van der Waals surface area contributed by atoms with Crippen molar-refractivity contribution in [3.8, 4) is 0 Å². The predicted molar refractivity (Wildman–Crippen MR) is 68.0 cm³/mol. The van der Waals surface area contributed by atoms with Crippen LogP contribution in [0.25, 0.3) is 0 Å². The molecule has 1 N–H and O–H groups in total. The zero-order valence-corrected chi connectivity index (χ0v) is 10.2. The fourth-order valence-corrected chi connectivity index (χ4v) is 2.31. The maximum absolute atomic E-state index is 11.7. The Kier molecular flexibility index (Phi) is 4.02. The smallest absolute Gasteiger partial charge is 0.411 e. The highest BCUT2D eigenvalue weighted by molar-refractivity contribution is 5.84. The van der Waals surface area contributed by atoms with Gasteiger partial charge < -0.3 is 4.74 Å². The first-order valence-corrected chi connectivity index (χ1v) is 6.26. The maximum atomic E-state index is 11.7. The second-order valence-corrected chi connectivity index (χ2v) is 4.79. The first-order valence-electron chi connectivity index (χ1n) is 6.26. The second kappa shape index (κ2) is 5.71. The average molecular weight is 233 g/mol. The molecule has 0 aromatic heterocycles. The van der Waals surface area contributed by atoms with Gasteiger partial charge in [-0.1, -0.05) is 31.5 Å². The Balaban J connectivity index is 1.81. The molecule has 0 saturated heterocycles. The molecule has 17 heavy (non-hydrogen) atoms. The van der Waals surface area contributed by atoms with E-state index in [-0.39, 0.29) is 12.2 Å². The number of rotatable bonds is 2. The van der Waals surface area contributed by atoms with Crippen molar-refractivity contribution in [2.75, 3.05) is 5.32 Å². The highest BCUT2D eigenvalue weighted by Crippen LogP contribution is 2.25. The third-order valence-electron chi connectivity index (χ3n) is 3.18. The lowest BCUT2D eigenvalue weighted by atomic mass is 9.89. The summed E-state index contributed by atoms with van der Waals surface area (Å²) >= 11 is 0. The van der Waals surface area contributed by atoms with Crippen LogP contribution < -0.4 is 5.32 Å². The van der Waals surface area contributed by atoms with E-state index in [1.807, 2.05) is 30.3 Å². The van der Waals surface area contributed by atoms with Gasteiger partial charge in [-0.2, -0.15) is 0 Å². The van der Waals surface area contributed by atoms with Crippen LogP contribution in [0.1, 0.15) is 32.6 Å². The monoisotopic (exact) mass is 233 g/mol. The first-order chi connectivity index (χ1) is 8.24. The standard InChI is InChI=1S/C14H19NO2/c1-11-6-5-9-13(10-11)17-14(16)15-12-7-3-2-4-8-12/h2-4,7-8,11,13H,5-6,9-10H2,1H3,(H,15,16)/t11-,13+/m1/s1. The molecule has 2 atom stereocenters. The molecule has 0 unspecified atom stereocenters. The molecule has 0 aliphatic heterocycles. The van der Waals surface area contributed by atoms with Crippen molar-refractivity contribution in [3.05, 3.63) is 30.3 Å². The lowest BCUT2D eigenvalue weighted by Gasteiger charge is -2.26. The van der Waals surface area contributed by atoms with Crippen molar-refractivity contribution in [3.63, 3.8) is 0 Å². The van der Waals surface area contributed by atoms with Crippen LogP contribution in [-0.4, -0.2) is 12.2 Å². The van der Waals surface area contributed by atoms with Crippen LogP contribution >= 0.6 is 0 Å². The van der Waals surface area contributed by atoms with E-state index in [1.165, 1.54) is 6.42 Å². The number of carbonyl (C=O) groups excluding carboxylic acids is 1. The number of hydrogen-bond acceptors (Lipinski definition) is 2. The highest BCUT2D eigenvalue weighted by atomic mass is 16.6. The molecular formula is C14H19NO2. The van der Waals surface area contributed by atoms with Gasteiger partial charge in [0, 0.05) is 5.69 Å². The van der Waals surface area contributed by atoms with Crippen molar-refractivity contribution in [2.24, 2.45) is 5.92 Å². The molecule has 3 heteroatoms. The normalized spacial score (nSPS) is 24.1. The average Bonchev–Trinajstić information content (AvgIpc) is 2.30. The Labute approximate surface area is 102 Å². The van der Waals surface area contributed by atoms with Crippen molar-refractivity contribution in [2.45, 2.75) is 38.7 Å². The Bertz CT molecular complexity index is 364. The van der Waals surface area contributed by atoms with Crippen LogP contribution in [0.2, 0.25) is 0 Å².